The maximum absolute atomic E-state index is 12.0. The van der Waals surface area contributed by atoms with E-state index in [2.05, 4.69) is 20.6 Å². The number of aromatic nitrogens is 2. The Kier molecular flexibility index (Phi) is 4.63. The number of carbonyl (C=O) groups excluding carboxylic acids is 1. The highest BCUT2D eigenvalue weighted by molar-refractivity contribution is 7.08. The largest absolute Gasteiger partial charge is 0.332 e. The normalized spacial score (nSPS) is 10.3. The quantitative estimate of drug-likeness (QED) is 0.766. The molecular formula is C17H16N4OS. The Morgan fingerprint density at radius 1 is 1.22 bits per heavy atom. The Hall–Kier alpha value is -2.73. The van der Waals surface area contributed by atoms with Crippen LogP contribution in [-0.4, -0.2) is 16.0 Å². The number of thiophene rings is 1. The van der Waals surface area contributed by atoms with Gasteiger partial charge < -0.3 is 10.6 Å². The first-order chi connectivity index (χ1) is 11.2. The highest BCUT2D eigenvalue weighted by Crippen LogP contribution is 2.22. The van der Waals surface area contributed by atoms with E-state index in [-0.39, 0.29) is 6.03 Å². The van der Waals surface area contributed by atoms with Gasteiger partial charge in [0.25, 0.3) is 0 Å². The average molecular weight is 324 g/mol. The number of amides is 2. The average Bonchev–Trinajstić information content (AvgIpc) is 3.07. The zero-order valence-corrected chi connectivity index (χ0v) is 13.4. The molecule has 2 aromatic heterocycles. The second-order valence-corrected chi connectivity index (χ2v) is 5.82. The summed E-state index contributed by atoms with van der Waals surface area (Å²) in [6, 6.07) is 9.38. The molecule has 0 radical (unpaired) electrons. The molecule has 0 unspecified atom stereocenters. The van der Waals surface area contributed by atoms with E-state index in [4.69, 9.17) is 0 Å². The van der Waals surface area contributed by atoms with Crippen LogP contribution in [0.15, 0.2) is 53.5 Å². The molecule has 2 heterocycles. The molecule has 23 heavy (non-hydrogen) atoms. The van der Waals surface area contributed by atoms with E-state index < -0.39 is 0 Å². The number of urea groups is 1. The standard InChI is InChI=1S/C17H16N4OS/c1-12-3-2-4-14(9-12)21-17(22)20-10-15-16(19-7-6-18-15)13-5-8-23-11-13/h2-9,11H,10H2,1H3,(H2,20,21,22). The van der Waals surface area contributed by atoms with E-state index in [1.807, 2.05) is 48.0 Å². The molecule has 2 N–H and O–H groups in total. The summed E-state index contributed by atoms with van der Waals surface area (Å²) in [6.45, 7) is 2.30. The minimum Gasteiger partial charge on any atom is -0.332 e. The maximum atomic E-state index is 12.0. The van der Waals surface area contributed by atoms with Crippen molar-refractivity contribution in [3.05, 3.63) is 64.7 Å². The molecular weight excluding hydrogens is 308 g/mol. The molecule has 0 saturated carbocycles. The second kappa shape index (κ2) is 7.02. The summed E-state index contributed by atoms with van der Waals surface area (Å²) in [5, 5.41) is 9.64. The first-order valence-corrected chi connectivity index (χ1v) is 8.10. The molecule has 1 aromatic carbocycles. The Morgan fingerprint density at radius 3 is 2.87 bits per heavy atom. The van der Waals surface area contributed by atoms with Crippen molar-refractivity contribution >= 4 is 23.1 Å². The summed E-state index contributed by atoms with van der Waals surface area (Å²) in [4.78, 5) is 20.7. The first-order valence-electron chi connectivity index (χ1n) is 7.16. The van der Waals surface area contributed by atoms with Gasteiger partial charge in [-0.15, -0.1) is 0 Å². The Morgan fingerprint density at radius 2 is 2.09 bits per heavy atom. The van der Waals surface area contributed by atoms with Crippen molar-refractivity contribution in [2.45, 2.75) is 13.5 Å². The van der Waals surface area contributed by atoms with Crippen LogP contribution in [0.5, 0.6) is 0 Å². The number of nitrogens with zero attached hydrogens (tertiary/aromatic N) is 2. The molecule has 3 rings (SSSR count). The summed E-state index contributed by atoms with van der Waals surface area (Å²) >= 11 is 1.60. The third kappa shape index (κ3) is 3.92. The second-order valence-electron chi connectivity index (χ2n) is 5.04. The van der Waals surface area contributed by atoms with Crippen molar-refractivity contribution in [2.75, 3.05) is 5.32 Å². The van der Waals surface area contributed by atoms with Crippen LogP contribution in [0.4, 0.5) is 10.5 Å². The monoisotopic (exact) mass is 324 g/mol. The number of carbonyl (C=O) groups is 1. The van der Waals surface area contributed by atoms with Crippen LogP contribution in [0, 0.1) is 6.92 Å². The molecule has 0 fully saturated rings. The number of anilines is 1. The summed E-state index contributed by atoms with van der Waals surface area (Å²) < 4.78 is 0. The van der Waals surface area contributed by atoms with Crippen LogP contribution in [0.3, 0.4) is 0 Å². The highest BCUT2D eigenvalue weighted by Gasteiger charge is 2.09. The molecule has 6 heteroatoms. The van der Waals surface area contributed by atoms with Crippen LogP contribution >= 0.6 is 11.3 Å². The number of hydrogen-bond acceptors (Lipinski definition) is 4. The number of hydrogen-bond donors (Lipinski definition) is 2. The molecule has 2 amide bonds. The van der Waals surface area contributed by atoms with Gasteiger partial charge in [-0.05, 0) is 36.1 Å². The SMILES string of the molecule is Cc1cccc(NC(=O)NCc2nccnc2-c2ccsc2)c1. The van der Waals surface area contributed by atoms with Gasteiger partial charge in [0.1, 0.15) is 0 Å². The Labute approximate surface area is 138 Å². The molecule has 0 saturated heterocycles. The fourth-order valence-electron chi connectivity index (χ4n) is 2.20. The molecule has 5 nitrogen and oxygen atoms in total. The third-order valence-corrected chi connectivity index (χ3v) is 3.94. The van der Waals surface area contributed by atoms with E-state index in [0.29, 0.717) is 6.54 Å². The number of benzene rings is 1. The Bertz CT molecular complexity index is 802. The molecule has 0 aliphatic carbocycles. The van der Waals surface area contributed by atoms with Gasteiger partial charge >= 0.3 is 6.03 Å². The van der Waals surface area contributed by atoms with Crippen LogP contribution in [0.2, 0.25) is 0 Å². The van der Waals surface area contributed by atoms with E-state index in [9.17, 15) is 4.79 Å². The lowest BCUT2D eigenvalue weighted by atomic mass is 10.2. The molecule has 3 aromatic rings. The molecule has 0 aliphatic heterocycles. The van der Waals surface area contributed by atoms with Crippen molar-refractivity contribution in [3.8, 4) is 11.3 Å². The van der Waals surface area contributed by atoms with E-state index in [1.165, 1.54) is 0 Å². The van der Waals surface area contributed by atoms with Crippen molar-refractivity contribution in [1.82, 2.24) is 15.3 Å². The fourth-order valence-corrected chi connectivity index (χ4v) is 2.84. The topological polar surface area (TPSA) is 66.9 Å². The van der Waals surface area contributed by atoms with E-state index in [1.54, 1.807) is 23.7 Å². The van der Waals surface area contributed by atoms with E-state index >= 15 is 0 Å². The predicted octanol–water partition coefficient (Wildman–Crippen LogP) is 3.84. The lowest BCUT2D eigenvalue weighted by Crippen LogP contribution is -2.28. The summed E-state index contributed by atoms with van der Waals surface area (Å²) in [5.41, 5.74) is 4.41. The molecule has 0 aliphatic rings. The summed E-state index contributed by atoms with van der Waals surface area (Å²) in [5.74, 6) is 0. The molecule has 0 spiro atoms. The Balaban J connectivity index is 1.66. The van der Waals surface area contributed by atoms with Crippen LogP contribution < -0.4 is 10.6 Å². The van der Waals surface area contributed by atoms with Gasteiger partial charge in [-0.25, -0.2) is 4.79 Å². The molecule has 0 bridgehead atoms. The maximum Gasteiger partial charge on any atom is 0.319 e. The lowest BCUT2D eigenvalue weighted by molar-refractivity contribution is 0.251. The smallest absolute Gasteiger partial charge is 0.319 e. The van der Waals surface area contributed by atoms with Gasteiger partial charge in [0.2, 0.25) is 0 Å². The van der Waals surface area contributed by atoms with Gasteiger partial charge in [0, 0.05) is 29.0 Å². The van der Waals surface area contributed by atoms with Crippen molar-refractivity contribution < 1.29 is 4.79 Å². The van der Waals surface area contributed by atoms with Crippen LogP contribution in [0.25, 0.3) is 11.3 Å². The lowest BCUT2D eigenvalue weighted by Gasteiger charge is -2.09. The number of nitrogens with one attached hydrogen (secondary N) is 2. The van der Waals surface area contributed by atoms with Gasteiger partial charge in [0.05, 0.1) is 17.9 Å². The van der Waals surface area contributed by atoms with Gasteiger partial charge in [0.15, 0.2) is 0 Å². The fraction of sp³-hybridized carbons (Fsp3) is 0.118. The van der Waals surface area contributed by atoms with Crippen LogP contribution in [-0.2, 0) is 6.54 Å². The van der Waals surface area contributed by atoms with Gasteiger partial charge in [-0.3, -0.25) is 9.97 Å². The molecule has 0 atom stereocenters. The summed E-state index contributed by atoms with van der Waals surface area (Å²) in [6.07, 6.45) is 3.29. The zero-order chi connectivity index (χ0) is 16.1. The van der Waals surface area contributed by atoms with E-state index in [0.717, 1.165) is 28.2 Å². The van der Waals surface area contributed by atoms with Gasteiger partial charge in [-0.1, -0.05) is 12.1 Å². The zero-order valence-electron chi connectivity index (χ0n) is 12.6. The molecule has 116 valence electrons. The third-order valence-electron chi connectivity index (χ3n) is 3.26. The number of rotatable bonds is 4. The summed E-state index contributed by atoms with van der Waals surface area (Å²) in [7, 11) is 0. The first kappa shape index (κ1) is 15.2. The minimum atomic E-state index is -0.266. The minimum absolute atomic E-state index is 0.266. The van der Waals surface area contributed by atoms with Crippen LogP contribution in [0.1, 0.15) is 11.3 Å². The van der Waals surface area contributed by atoms with Crippen molar-refractivity contribution in [3.63, 3.8) is 0 Å². The predicted molar refractivity (Wildman–Crippen MR) is 92.4 cm³/mol. The highest BCUT2D eigenvalue weighted by atomic mass is 32.1. The number of aryl methyl sites for hydroxylation is 1. The van der Waals surface area contributed by atoms with Crippen molar-refractivity contribution in [1.29, 1.82) is 0 Å². The van der Waals surface area contributed by atoms with Crippen molar-refractivity contribution in [2.24, 2.45) is 0 Å². The van der Waals surface area contributed by atoms with Gasteiger partial charge in [-0.2, -0.15) is 11.3 Å².